The van der Waals surface area contributed by atoms with Gasteiger partial charge in [-0.05, 0) is 18.8 Å². The molecular formula is C7H11B. The predicted molar refractivity (Wildman–Crippen MR) is 36.9 cm³/mol. The molecule has 0 aromatic carbocycles. The van der Waals surface area contributed by atoms with Crippen molar-refractivity contribution in [2.24, 2.45) is 5.92 Å². The van der Waals surface area contributed by atoms with Crippen molar-refractivity contribution < 1.29 is 0 Å². The minimum absolute atomic E-state index is 0.806. The number of allylic oxidation sites excluding steroid dienone is 1. The molecule has 1 aliphatic carbocycles. The Labute approximate surface area is 52.4 Å². The summed E-state index contributed by atoms with van der Waals surface area (Å²) in [5.74, 6) is 2.48. The summed E-state index contributed by atoms with van der Waals surface area (Å²) in [5.41, 5.74) is 0. The standard InChI is InChI=1S/C7H11B/c8-6-5-7-3-1-2-4-7/h5-7H,1-4H2/b6-5-. The Morgan fingerprint density at radius 3 is 2.38 bits per heavy atom. The Bertz CT molecular complexity index is 80.4. The van der Waals surface area contributed by atoms with Crippen molar-refractivity contribution in [1.29, 1.82) is 0 Å². The van der Waals surface area contributed by atoms with Crippen LogP contribution in [-0.4, -0.2) is 7.85 Å². The largest absolute Gasteiger partial charge is 0.135 e. The second kappa shape index (κ2) is 2.96. The van der Waals surface area contributed by atoms with Crippen molar-refractivity contribution >= 4 is 7.85 Å². The highest BCUT2D eigenvalue weighted by Gasteiger charge is 2.09. The second-order valence-electron chi connectivity index (χ2n) is 2.43. The van der Waals surface area contributed by atoms with Crippen molar-refractivity contribution in [2.45, 2.75) is 25.7 Å². The highest BCUT2D eigenvalue weighted by Crippen LogP contribution is 2.25. The lowest BCUT2D eigenvalue weighted by Gasteiger charge is -1.96. The van der Waals surface area contributed by atoms with Crippen molar-refractivity contribution in [1.82, 2.24) is 0 Å². The molecule has 0 saturated heterocycles. The highest BCUT2D eigenvalue weighted by molar-refractivity contribution is 6.16. The van der Waals surface area contributed by atoms with Gasteiger partial charge in [-0.15, -0.1) is 5.98 Å². The van der Waals surface area contributed by atoms with Gasteiger partial charge < -0.3 is 0 Å². The van der Waals surface area contributed by atoms with Crippen LogP contribution in [0.15, 0.2) is 12.1 Å². The first-order valence-electron chi connectivity index (χ1n) is 3.32. The fourth-order valence-corrected chi connectivity index (χ4v) is 1.31. The molecule has 1 saturated carbocycles. The average molecular weight is 106 g/mol. The van der Waals surface area contributed by atoms with Crippen LogP contribution in [0.1, 0.15) is 25.7 Å². The van der Waals surface area contributed by atoms with Crippen molar-refractivity contribution in [2.75, 3.05) is 0 Å². The molecule has 0 atom stereocenters. The summed E-state index contributed by atoms with van der Waals surface area (Å²) in [5, 5.41) is 0. The third-order valence-corrected chi connectivity index (χ3v) is 1.78. The van der Waals surface area contributed by atoms with E-state index in [-0.39, 0.29) is 0 Å². The van der Waals surface area contributed by atoms with Crippen molar-refractivity contribution in [3.63, 3.8) is 0 Å². The highest BCUT2D eigenvalue weighted by atomic mass is 14.1. The van der Waals surface area contributed by atoms with Gasteiger partial charge in [0.05, 0.1) is 0 Å². The molecular weight excluding hydrogens is 94.9 g/mol. The molecule has 8 heavy (non-hydrogen) atoms. The molecule has 2 radical (unpaired) electrons. The SMILES string of the molecule is [B]/C=C\C1CCCC1. The van der Waals surface area contributed by atoms with Crippen molar-refractivity contribution in [3.05, 3.63) is 12.1 Å². The maximum Gasteiger partial charge on any atom is 0.102 e. The van der Waals surface area contributed by atoms with Gasteiger partial charge in [0, 0.05) is 0 Å². The zero-order valence-corrected chi connectivity index (χ0v) is 5.14. The van der Waals surface area contributed by atoms with Gasteiger partial charge in [-0.25, -0.2) is 0 Å². The molecule has 0 spiro atoms. The van der Waals surface area contributed by atoms with Crippen LogP contribution in [0.5, 0.6) is 0 Å². The molecule has 0 heterocycles. The van der Waals surface area contributed by atoms with Crippen LogP contribution in [0.25, 0.3) is 0 Å². The molecule has 0 aromatic heterocycles. The number of hydrogen-bond donors (Lipinski definition) is 0. The van der Waals surface area contributed by atoms with Gasteiger partial charge in [-0.1, -0.05) is 18.9 Å². The van der Waals surface area contributed by atoms with E-state index in [9.17, 15) is 0 Å². The molecule has 0 bridgehead atoms. The van der Waals surface area contributed by atoms with Crippen LogP contribution in [0, 0.1) is 5.92 Å². The van der Waals surface area contributed by atoms with E-state index in [1.807, 2.05) is 0 Å². The van der Waals surface area contributed by atoms with Gasteiger partial charge >= 0.3 is 0 Å². The van der Waals surface area contributed by atoms with Crippen LogP contribution >= 0.6 is 0 Å². The van der Waals surface area contributed by atoms with E-state index < -0.39 is 0 Å². The number of hydrogen-bond acceptors (Lipinski definition) is 0. The first kappa shape index (κ1) is 5.93. The van der Waals surface area contributed by atoms with Crippen LogP contribution in [0.3, 0.4) is 0 Å². The van der Waals surface area contributed by atoms with E-state index in [0.29, 0.717) is 0 Å². The third-order valence-electron chi connectivity index (χ3n) is 1.78. The van der Waals surface area contributed by atoms with Gasteiger partial charge in [0.25, 0.3) is 0 Å². The summed E-state index contributed by atoms with van der Waals surface area (Å²) < 4.78 is 0. The quantitative estimate of drug-likeness (QED) is 0.447. The van der Waals surface area contributed by atoms with E-state index in [0.717, 1.165) is 5.92 Å². The Hall–Kier alpha value is -0.195. The molecule has 1 rings (SSSR count). The van der Waals surface area contributed by atoms with Gasteiger partial charge in [0.2, 0.25) is 0 Å². The Balaban J connectivity index is 2.24. The topological polar surface area (TPSA) is 0 Å². The molecule has 0 aromatic rings. The lowest BCUT2D eigenvalue weighted by molar-refractivity contribution is 0.687. The molecule has 0 aliphatic heterocycles. The molecule has 0 nitrogen and oxygen atoms in total. The molecule has 0 amide bonds. The smallest absolute Gasteiger partial charge is 0.102 e. The van der Waals surface area contributed by atoms with Crippen molar-refractivity contribution in [3.8, 4) is 0 Å². The van der Waals surface area contributed by atoms with Gasteiger partial charge in [0.15, 0.2) is 0 Å². The Morgan fingerprint density at radius 2 is 1.88 bits per heavy atom. The van der Waals surface area contributed by atoms with Gasteiger partial charge in [0.1, 0.15) is 7.85 Å². The lowest BCUT2D eigenvalue weighted by Crippen LogP contribution is -1.84. The zero-order chi connectivity index (χ0) is 5.82. The Morgan fingerprint density at radius 1 is 1.25 bits per heavy atom. The fourth-order valence-electron chi connectivity index (χ4n) is 1.31. The summed E-state index contributed by atoms with van der Waals surface area (Å²) in [6, 6.07) is 0. The molecule has 1 aliphatic rings. The minimum Gasteiger partial charge on any atom is -0.135 e. The first-order valence-corrected chi connectivity index (χ1v) is 3.32. The van der Waals surface area contributed by atoms with Gasteiger partial charge in [-0.2, -0.15) is 0 Å². The molecule has 0 unspecified atom stereocenters. The fraction of sp³-hybridized carbons (Fsp3) is 0.714. The molecule has 42 valence electrons. The van der Waals surface area contributed by atoms with E-state index in [1.54, 1.807) is 5.98 Å². The summed E-state index contributed by atoms with van der Waals surface area (Å²) in [4.78, 5) is 0. The monoisotopic (exact) mass is 106 g/mol. The van der Waals surface area contributed by atoms with Crippen LogP contribution in [0.2, 0.25) is 0 Å². The van der Waals surface area contributed by atoms with E-state index in [4.69, 9.17) is 7.85 Å². The van der Waals surface area contributed by atoms with Crippen LogP contribution in [-0.2, 0) is 0 Å². The van der Waals surface area contributed by atoms with E-state index in [2.05, 4.69) is 6.08 Å². The average Bonchev–Trinajstić information content (AvgIpc) is 2.19. The van der Waals surface area contributed by atoms with E-state index in [1.165, 1.54) is 25.7 Å². The molecule has 1 fully saturated rings. The van der Waals surface area contributed by atoms with Crippen LogP contribution < -0.4 is 0 Å². The maximum absolute atomic E-state index is 5.23. The summed E-state index contributed by atoms with van der Waals surface area (Å²) in [6.07, 6.45) is 7.62. The van der Waals surface area contributed by atoms with E-state index >= 15 is 0 Å². The zero-order valence-electron chi connectivity index (χ0n) is 5.14. The van der Waals surface area contributed by atoms with Gasteiger partial charge in [-0.3, -0.25) is 0 Å². The molecule has 1 heteroatoms. The maximum atomic E-state index is 5.23. The summed E-state index contributed by atoms with van der Waals surface area (Å²) in [7, 11) is 5.23. The normalized spacial score (nSPS) is 23.0. The summed E-state index contributed by atoms with van der Waals surface area (Å²) >= 11 is 0. The second-order valence-corrected chi connectivity index (χ2v) is 2.43. The predicted octanol–water partition coefficient (Wildman–Crippen LogP) is 1.86. The number of rotatable bonds is 1. The third kappa shape index (κ3) is 1.39. The lowest BCUT2D eigenvalue weighted by atomic mass is 10.0. The summed E-state index contributed by atoms with van der Waals surface area (Å²) in [6.45, 7) is 0. The van der Waals surface area contributed by atoms with Crippen LogP contribution in [0.4, 0.5) is 0 Å². The minimum atomic E-state index is 0.806. The Kier molecular flexibility index (Phi) is 2.19. The first-order chi connectivity index (χ1) is 3.93. The molecule has 0 N–H and O–H groups in total.